The van der Waals surface area contributed by atoms with Crippen LogP contribution in [0.2, 0.25) is 0 Å². The first kappa shape index (κ1) is 12.5. The highest BCUT2D eigenvalue weighted by Gasteiger charge is 2.09. The van der Waals surface area contributed by atoms with Crippen molar-refractivity contribution in [1.82, 2.24) is 14.3 Å². The van der Waals surface area contributed by atoms with Crippen molar-refractivity contribution in [2.45, 2.75) is 6.92 Å². The molecule has 0 aliphatic carbocycles. The van der Waals surface area contributed by atoms with E-state index in [2.05, 4.69) is 10.4 Å². The normalized spacial score (nSPS) is 10.9. The Morgan fingerprint density at radius 2 is 1.90 bits per heavy atom. The Kier molecular flexibility index (Phi) is 2.82. The van der Waals surface area contributed by atoms with Crippen molar-refractivity contribution in [2.75, 3.05) is 5.32 Å². The van der Waals surface area contributed by atoms with Crippen LogP contribution in [0.4, 0.5) is 11.4 Å². The van der Waals surface area contributed by atoms with E-state index in [1.807, 2.05) is 44.4 Å². The van der Waals surface area contributed by atoms with Gasteiger partial charge in [0.25, 0.3) is 5.56 Å². The van der Waals surface area contributed by atoms with Gasteiger partial charge in [0.15, 0.2) is 0 Å². The van der Waals surface area contributed by atoms with Gasteiger partial charge in [-0.15, -0.1) is 0 Å². The Balaban J connectivity index is 2.19. The van der Waals surface area contributed by atoms with Crippen molar-refractivity contribution in [3.05, 3.63) is 52.6 Å². The molecule has 0 fully saturated rings. The fourth-order valence-corrected chi connectivity index (χ4v) is 2.38. The topological polar surface area (TPSA) is 51.9 Å². The summed E-state index contributed by atoms with van der Waals surface area (Å²) in [5, 5.41) is 8.62. The molecule has 0 amide bonds. The zero-order chi connectivity index (χ0) is 14.3. The molecule has 0 atom stereocenters. The lowest BCUT2D eigenvalue weighted by atomic mass is 10.1. The summed E-state index contributed by atoms with van der Waals surface area (Å²) in [4.78, 5) is 12.0. The SMILES string of the molecule is Cc1nn(C)cc1Nc1cc(=O)n(C)c2ccccc12. The first-order valence-electron chi connectivity index (χ1n) is 6.42. The highest BCUT2D eigenvalue weighted by Crippen LogP contribution is 2.25. The number of pyridine rings is 1. The van der Waals surface area contributed by atoms with Gasteiger partial charge < -0.3 is 9.88 Å². The fourth-order valence-electron chi connectivity index (χ4n) is 2.38. The minimum atomic E-state index is -0.0345. The number of aromatic nitrogens is 3. The van der Waals surface area contributed by atoms with E-state index >= 15 is 0 Å². The summed E-state index contributed by atoms with van der Waals surface area (Å²) in [6, 6.07) is 9.46. The van der Waals surface area contributed by atoms with Crippen LogP contribution in [0.5, 0.6) is 0 Å². The van der Waals surface area contributed by atoms with Crippen molar-refractivity contribution >= 4 is 22.3 Å². The van der Waals surface area contributed by atoms with E-state index in [0.29, 0.717) is 0 Å². The minimum absolute atomic E-state index is 0.0345. The largest absolute Gasteiger partial charge is 0.352 e. The molecule has 1 N–H and O–H groups in total. The van der Waals surface area contributed by atoms with Crippen molar-refractivity contribution in [3.8, 4) is 0 Å². The van der Waals surface area contributed by atoms with Crippen LogP contribution < -0.4 is 10.9 Å². The van der Waals surface area contributed by atoms with E-state index in [9.17, 15) is 4.79 Å². The van der Waals surface area contributed by atoms with Crippen molar-refractivity contribution in [2.24, 2.45) is 14.1 Å². The van der Waals surface area contributed by atoms with Crippen LogP contribution in [-0.4, -0.2) is 14.3 Å². The Morgan fingerprint density at radius 1 is 1.15 bits per heavy atom. The van der Waals surface area contributed by atoms with Crippen LogP contribution in [0.25, 0.3) is 10.9 Å². The molecule has 0 radical (unpaired) electrons. The molecule has 5 nitrogen and oxygen atoms in total. The summed E-state index contributed by atoms with van der Waals surface area (Å²) < 4.78 is 3.40. The van der Waals surface area contributed by atoms with Crippen molar-refractivity contribution < 1.29 is 0 Å². The van der Waals surface area contributed by atoms with Gasteiger partial charge in [0.05, 0.1) is 22.6 Å². The standard InChI is InChI=1S/C15H16N4O/c1-10-13(9-18(2)17-10)16-12-8-15(20)19(3)14-7-5-4-6-11(12)14/h4-9,16H,1-3H3. The molecule has 0 bridgehead atoms. The lowest BCUT2D eigenvalue weighted by molar-refractivity contribution is 0.756. The zero-order valence-electron chi connectivity index (χ0n) is 11.7. The number of para-hydroxylation sites is 1. The molecule has 0 unspecified atom stereocenters. The van der Waals surface area contributed by atoms with E-state index in [1.165, 1.54) is 0 Å². The maximum Gasteiger partial charge on any atom is 0.252 e. The summed E-state index contributed by atoms with van der Waals surface area (Å²) in [7, 11) is 3.66. The van der Waals surface area contributed by atoms with Crippen LogP contribution >= 0.6 is 0 Å². The lowest BCUT2D eigenvalue weighted by Crippen LogP contribution is -2.16. The second-order valence-corrected chi connectivity index (χ2v) is 4.90. The van der Waals surface area contributed by atoms with Crippen LogP contribution in [0, 0.1) is 6.92 Å². The summed E-state index contributed by atoms with van der Waals surface area (Å²) >= 11 is 0. The Morgan fingerprint density at radius 3 is 2.60 bits per heavy atom. The highest BCUT2D eigenvalue weighted by molar-refractivity contribution is 5.93. The first-order valence-corrected chi connectivity index (χ1v) is 6.42. The van der Waals surface area contributed by atoms with Gasteiger partial charge in [0, 0.05) is 31.7 Å². The third-order valence-corrected chi connectivity index (χ3v) is 3.44. The van der Waals surface area contributed by atoms with Crippen LogP contribution in [0.1, 0.15) is 5.69 Å². The highest BCUT2D eigenvalue weighted by atomic mass is 16.1. The number of hydrogen-bond donors (Lipinski definition) is 1. The third-order valence-electron chi connectivity index (χ3n) is 3.44. The van der Waals surface area contributed by atoms with Crippen LogP contribution in [-0.2, 0) is 14.1 Å². The molecule has 102 valence electrons. The molecule has 1 aromatic carbocycles. The molecule has 0 aliphatic heterocycles. The summed E-state index contributed by atoms with van der Waals surface area (Å²) in [6.45, 7) is 1.94. The molecule has 0 aliphatic rings. The summed E-state index contributed by atoms with van der Waals surface area (Å²) in [5.74, 6) is 0. The number of anilines is 2. The molecule has 0 spiro atoms. The second-order valence-electron chi connectivity index (χ2n) is 4.90. The maximum atomic E-state index is 12.0. The number of hydrogen-bond acceptors (Lipinski definition) is 3. The Bertz CT molecular complexity index is 845. The van der Waals surface area contributed by atoms with Gasteiger partial charge in [-0.05, 0) is 13.0 Å². The lowest BCUT2D eigenvalue weighted by Gasteiger charge is -2.11. The summed E-state index contributed by atoms with van der Waals surface area (Å²) in [6.07, 6.45) is 1.90. The van der Waals surface area contributed by atoms with Crippen molar-refractivity contribution in [3.63, 3.8) is 0 Å². The quantitative estimate of drug-likeness (QED) is 0.776. The Hall–Kier alpha value is -2.56. The van der Waals surface area contributed by atoms with E-state index in [4.69, 9.17) is 0 Å². The third kappa shape index (κ3) is 1.97. The van der Waals surface area contributed by atoms with Gasteiger partial charge in [0.2, 0.25) is 0 Å². The van der Waals surface area contributed by atoms with E-state index in [0.717, 1.165) is 28.0 Å². The predicted molar refractivity (Wildman–Crippen MR) is 80.4 cm³/mol. The molecule has 3 rings (SSSR count). The Labute approximate surface area is 116 Å². The van der Waals surface area contributed by atoms with E-state index < -0.39 is 0 Å². The zero-order valence-corrected chi connectivity index (χ0v) is 11.7. The molecular weight excluding hydrogens is 252 g/mol. The van der Waals surface area contributed by atoms with Gasteiger partial charge in [-0.2, -0.15) is 5.10 Å². The summed E-state index contributed by atoms with van der Waals surface area (Å²) in [5.41, 5.74) is 3.49. The number of aryl methyl sites for hydroxylation is 3. The number of benzene rings is 1. The predicted octanol–water partition coefficient (Wildman–Crippen LogP) is 2.32. The molecule has 0 saturated carbocycles. The average molecular weight is 268 g/mol. The first-order chi connectivity index (χ1) is 9.56. The van der Waals surface area contributed by atoms with Crippen LogP contribution in [0.15, 0.2) is 41.3 Å². The monoisotopic (exact) mass is 268 g/mol. The maximum absolute atomic E-state index is 12.0. The fraction of sp³-hybridized carbons (Fsp3) is 0.200. The average Bonchev–Trinajstić information content (AvgIpc) is 2.74. The molecule has 2 aromatic heterocycles. The van der Waals surface area contributed by atoms with Gasteiger partial charge in [0.1, 0.15) is 0 Å². The van der Waals surface area contributed by atoms with Crippen LogP contribution in [0.3, 0.4) is 0 Å². The number of fused-ring (bicyclic) bond motifs is 1. The molecular formula is C15H16N4O. The van der Waals surface area contributed by atoms with Gasteiger partial charge in [-0.1, -0.05) is 18.2 Å². The molecule has 0 saturated heterocycles. The van der Waals surface area contributed by atoms with Gasteiger partial charge in [-0.25, -0.2) is 0 Å². The second kappa shape index (κ2) is 4.52. The number of nitrogens with one attached hydrogen (secondary N) is 1. The molecule has 5 heteroatoms. The smallest absolute Gasteiger partial charge is 0.252 e. The number of rotatable bonds is 2. The van der Waals surface area contributed by atoms with E-state index in [1.54, 1.807) is 22.4 Å². The molecule has 2 heterocycles. The molecule has 20 heavy (non-hydrogen) atoms. The van der Waals surface area contributed by atoms with E-state index in [-0.39, 0.29) is 5.56 Å². The van der Waals surface area contributed by atoms with Crippen molar-refractivity contribution in [1.29, 1.82) is 0 Å². The number of nitrogens with zero attached hydrogens (tertiary/aromatic N) is 3. The molecule has 3 aromatic rings. The van der Waals surface area contributed by atoms with Gasteiger partial charge in [-0.3, -0.25) is 9.48 Å². The van der Waals surface area contributed by atoms with Gasteiger partial charge >= 0.3 is 0 Å². The minimum Gasteiger partial charge on any atom is -0.352 e.